The summed E-state index contributed by atoms with van der Waals surface area (Å²) in [6.45, 7) is 3.61. The molecule has 0 aromatic carbocycles. The van der Waals surface area contributed by atoms with Crippen LogP contribution in [0.2, 0.25) is 0 Å². The second-order valence-electron chi connectivity index (χ2n) is 3.07. The van der Waals surface area contributed by atoms with Crippen molar-refractivity contribution >= 4 is 23.3 Å². The van der Waals surface area contributed by atoms with Crippen LogP contribution in [-0.2, 0) is 0 Å². The third kappa shape index (κ3) is 1.86. The van der Waals surface area contributed by atoms with Gasteiger partial charge in [0, 0.05) is 5.56 Å². The third-order valence-corrected chi connectivity index (χ3v) is 2.75. The van der Waals surface area contributed by atoms with E-state index in [1.165, 1.54) is 0 Å². The number of H-pyrrole nitrogens is 1. The molecule has 0 aliphatic heterocycles. The van der Waals surface area contributed by atoms with E-state index in [-0.39, 0.29) is 5.91 Å². The van der Waals surface area contributed by atoms with E-state index in [1.807, 2.05) is 6.92 Å². The fourth-order valence-corrected chi connectivity index (χ4v) is 1.63. The molecule has 1 amide bonds. The molecule has 0 saturated heterocycles. The summed E-state index contributed by atoms with van der Waals surface area (Å²) < 4.78 is 3.70. The van der Waals surface area contributed by atoms with E-state index in [2.05, 4.69) is 25.1 Å². The van der Waals surface area contributed by atoms with Gasteiger partial charge in [-0.25, -0.2) is 0 Å². The average Bonchev–Trinajstić information content (AvgIpc) is 2.76. The van der Waals surface area contributed by atoms with Crippen molar-refractivity contribution < 1.29 is 4.79 Å². The van der Waals surface area contributed by atoms with Crippen molar-refractivity contribution in [1.29, 1.82) is 0 Å². The Morgan fingerprint density at radius 3 is 2.87 bits per heavy atom. The molecular formula is C8H9N5OS. The molecule has 0 spiro atoms. The zero-order chi connectivity index (χ0) is 10.8. The number of anilines is 1. The van der Waals surface area contributed by atoms with Gasteiger partial charge in [0.2, 0.25) is 0 Å². The van der Waals surface area contributed by atoms with Crippen molar-refractivity contribution in [3.05, 3.63) is 22.3 Å². The Morgan fingerprint density at radius 2 is 2.33 bits per heavy atom. The minimum Gasteiger partial charge on any atom is -0.306 e. The number of rotatable bonds is 2. The van der Waals surface area contributed by atoms with Gasteiger partial charge in [-0.05, 0) is 25.4 Å². The number of nitrogens with one attached hydrogen (secondary N) is 2. The Bertz CT molecular complexity index is 489. The molecule has 0 aliphatic carbocycles. The minimum absolute atomic E-state index is 0.213. The molecule has 2 aromatic heterocycles. The van der Waals surface area contributed by atoms with E-state index in [1.54, 1.807) is 13.1 Å². The van der Waals surface area contributed by atoms with Crippen LogP contribution in [0.15, 0.2) is 6.20 Å². The molecule has 2 rings (SSSR count). The van der Waals surface area contributed by atoms with Gasteiger partial charge in [-0.15, -0.1) is 5.10 Å². The zero-order valence-electron chi connectivity index (χ0n) is 8.24. The van der Waals surface area contributed by atoms with Crippen LogP contribution in [0.4, 0.5) is 5.82 Å². The van der Waals surface area contributed by atoms with Gasteiger partial charge in [-0.1, -0.05) is 4.49 Å². The second-order valence-corrected chi connectivity index (χ2v) is 3.82. The van der Waals surface area contributed by atoms with E-state index in [0.717, 1.165) is 17.1 Å². The predicted molar refractivity (Wildman–Crippen MR) is 55.9 cm³/mol. The lowest BCUT2D eigenvalue weighted by atomic mass is 10.3. The molecule has 6 nitrogen and oxygen atoms in total. The summed E-state index contributed by atoms with van der Waals surface area (Å²) in [5.41, 5.74) is 1.52. The highest BCUT2D eigenvalue weighted by molar-refractivity contribution is 7.08. The van der Waals surface area contributed by atoms with E-state index in [4.69, 9.17) is 0 Å². The molecule has 0 atom stereocenters. The SMILES string of the molecule is Cc1cn[nH]c1NC(=O)c1snnc1C. The van der Waals surface area contributed by atoms with E-state index in [9.17, 15) is 4.79 Å². The lowest BCUT2D eigenvalue weighted by Gasteiger charge is -2.00. The first-order valence-corrected chi connectivity index (χ1v) is 5.06. The van der Waals surface area contributed by atoms with Crippen molar-refractivity contribution in [2.24, 2.45) is 0 Å². The highest BCUT2D eigenvalue weighted by Crippen LogP contribution is 2.14. The number of hydrogen-bond donors (Lipinski definition) is 2. The van der Waals surface area contributed by atoms with Crippen LogP contribution < -0.4 is 5.32 Å². The summed E-state index contributed by atoms with van der Waals surface area (Å²) in [6, 6.07) is 0. The fourth-order valence-electron chi connectivity index (χ4n) is 1.08. The van der Waals surface area contributed by atoms with Gasteiger partial charge in [0.05, 0.1) is 11.9 Å². The van der Waals surface area contributed by atoms with Crippen LogP contribution >= 0.6 is 11.5 Å². The van der Waals surface area contributed by atoms with Gasteiger partial charge in [0.1, 0.15) is 10.7 Å². The smallest absolute Gasteiger partial charge is 0.270 e. The first kappa shape index (κ1) is 9.78. The van der Waals surface area contributed by atoms with Crippen molar-refractivity contribution in [2.45, 2.75) is 13.8 Å². The molecule has 2 aromatic rings. The van der Waals surface area contributed by atoms with Crippen LogP contribution in [0.5, 0.6) is 0 Å². The molecule has 2 heterocycles. The Hall–Kier alpha value is -1.76. The van der Waals surface area contributed by atoms with Crippen molar-refractivity contribution in [1.82, 2.24) is 19.8 Å². The van der Waals surface area contributed by atoms with Crippen LogP contribution in [-0.4, -0.2) is 25.7 Å². The Labute approximate surface area is 89.9 Å². The predicted octanol–water partition coefficient (Wildman–Crippen LogP) is 1.13. The Morgan fingerprint density at radius 1 is 1.53 bits per heavy atom. The molecule has 0 fully saturated rings. The highest BCUT2D eigenvalue weighted by atomic mass is 32.1. The second kappa shape index (κ2) is 3.77. The van der Waals surface area contributed by atoms with Crippen LogP contribution in [0.25, 0.3) is 0 Å². The number of aromatic nitrogens is 4. The van der Waals surface area contributed by atoms with E-state index < -0.39 is 0 Å². The standard InChI is InChI=1S/C8H9N5OS/c1-4-3-9-12-7(4)10-8(14)6-5(2)11-13-15-6/h3H,1-2H3,(H2,9,10,12,14). The molecule has 15 heavy (non-hydrogen) atoms. The van der Waals surface area contributed by atoms with Gasteiger partial charge >= 0.3 is 0 Å². The summed E-state index contributed by atoms with van der Waals surface area (Å²) in [7, 11) is 0. The number of aryl methyl sites for hydroxylation is 2. The Balaban J connectivity index is 2.18. The van der Waals surface area contributed by atoms with Crippen molar-refractivity contribution in [2.75, 3.05) is 5.32 Å². The van der Waals surface area contributed by atoms with Gasteiger partial charge in [-0.3, -0.25) is 9.89 Å². The molecule has 78 valence electrons. The van der Waals surface area contributed by atoms with Crippen LogP contribution in [0, 0.1) is 13.8 Å². The molecule has 2 N–H and O–H groups in total. The topological polar surface area (TPSA) is 83.6 Å². The number of aromatic amines is 1. The maximum atomic E-state index is 11.7. The number of nitrogens with zero attached hydrogens (tertiary/aromatic N) is 3. The summed E-state index contributed by atoms with van der Waals surface area (Å²) >= 11 is 1.08. The maximum Gasteiger partial charge on any atom is 0.270 e. The van der Waals surface area contributed by atoms with Gasteiger partial charge in [0.15, 0.2) is 0 Å². The zero-order valence-corrected chi connectivity index (χ0v) is 9.05. The molecule has 0 radical (unpaired) electrons. The van der Waals surface area contributed by atoms with Crippen LogP contribution in [0.3, 0.4) is 0 Å². The van der Waals surface area contributed by atoms with Gasteiger partial charge in [0.25, 0.3) is 5.91 Å². The normalized spacial score (nSPS) is 10.3. The van der Waals surface area contributed by atoms with E-state index in [0.29, 0.717) is 16.4 Å². The lowest BCUT2D eigenvalue weighted by molar-refractivity contribution is 0.102. The highest BCUT2D eigenvalue weighted by Gasteiger charge is 2.14. The monoisotopic (exact) mass is 223 g/mol. The Kier molecular flexibility index (Phi) is 2.46. The molecule has 0 unspecified atom stereocenters. The van der Waals surface area contributed by atoms with Crippen LogP contribution in [0.1, 0.15) is 20.9 Å². The first-order valence-electron chi connectivity index (χ1n) is 4.28. The van der Waals surface area contributed by atoms with Gasteiger partial charge < -0.3 is 5.32 Å². The minimum atomic E-state index is -0.213. The molecular weight excluding hydrogens is 214 g/mol. The summed E-state index contributed by atoms with van der Waals surface area (Å²) in [6.07, 6.45) is 1.65. The molecule has 7 heteroatoms. The molecule has 0 bridgehead atoms. The summed E-state index contributed by atoms with van der Waals surface area (Å²) in [5, 5.41) is 13.0. The number of carbonyl (C=O) groups excluding carboxylic acids is 1. The van der Waals surface area contributed by atoms with E-state index >= 15 is 0 Å². The van der Waals surface area contributed by atoms with Crippen molar-refractivity contribution in [3.63, 3.8) is 0 Å². The van der Waals surface area contributed by atoms with Gasteiger partial charge in [-0.2, -0.15) is 5.10 Å². The third-order valence-electron chi connectivity index (χ3n) is 1.93. The van der Waals surface area contributed by atoms with Crippen molar-refractivity contribution in [3.8, 4) is 0 Å². The molecule has 0 saturated carbocycles. The summed E-state index contributed by atoms with van der Waals surface area (Å²) in [4.78, 5) is 12.2. The largest absolute Gasteiger partial charge is 0.306 e. The number of hydrogen-bond acceptors (Lipinski definition) is 5. The first-order chi connectivity index (χ1) is 7.18. The quantitative estimate of drug-likeness (QED) is 0.799. The number of amides is 1. The summed E-state index contributed by atoms with van der Waals surface area (Å²) in [5.74, 6) is 0.391. The fraction of sp³-hybridized carbons (Fsp3) is 0.250. The maximum absolute atomic E-state index is 11.7. The average molecular weight is 223 g/mol. The lowest BCUT2D eigenvalue weighted by Crippen LogP contribution is -2.12. The number of carbonyl (C=O) groups is 1. The molecule has 0 aliphatic rings.